The molecule has 2 bridgehead atoms. The Kier molecular flexibility index (Phi) is 3.00. The second-order valence-electron chi connectivity index (χ2n) is 6.53. The lowest BCUT2D eigenvalue weighted by Crippen LogP contribution is -2.47. The van der Waals surface area contributed by atoms with Crippen molar-refractivity contribution in [2.24, 2.45) is 5.92 Å². The van der Waals surface area contributed by atoms with E-state index in [9.17, 15) is 4.79 Å². The fourth-order valence-corrected chi connectivity index (χ4v) is 3.81. The summed E-state index contributed by atoms with van der Waals surface area (Å²) in [5, 5.41) is 3.22. The Hall–Kier alpha value is -1.81. The van der Waals surface area contributed by atoms with Gasteiger partial charge in [0.25, 0.3) is 5.91 Å². The van der Waals surface area contributed by atoms with Gasteiger partial charge in [-0.05, 0) is 56.0 Å². The number of pyridine rings is 1. The molecule has 4 nitrogen and oxygen atoms in total. The first-order valence-corrected chi connectivity index (χ1v) is 7.79. The molecule has 21 heavy (non-hydrogen) atoms. The fraction of sp³-hybridized carbons (Fsp3) is 0.471. The number of piperidine rings is 1. The van der Waals surface area contributed by atoms with Crippen LogP contribution >= 0.6 is 0 Å². The van der Waals surface area contributed by atoms with Crippen LogP contribution in [0.5, 0.6) is 0 Å². The Morgan fingerprint density at radius 1 is 1.29 bits per heavy atom. The molecule has 4 rings (SSSR count). The molecule has 1 amide bonds. The maximum atomic E-state index is 12.5. The molecule has 0 saturated carbocycles. The van der Waals surface area contributed by atoms with Gasteiger partial charge in [0, 0.05) is 42.6 Å². The molecule has 3 atom stereocenters. The number of aryl methyl sites for hydroxylation is 1. The van der Waals surface area contributed by atoms with Crippen LogP contribution in [0.1, 0.15) is 28.8 Å². The minimum Gasteiger partial charge on any atom is -0.348 e. The highest BCUT2D eigenvalue weighted by Crippen LogP contribution is 2.26. The van der Waals surface area contributed by atoms with Crippen molar-refractivity contribution in [2.45, 2.75) is 25.8 Å². The van der Waals surface area contributed by atoms with Gasteiger partial charge in [0.1, 0.15) is 0 Å². The Bertz CT molecular complexity index is 678. The van der Waals surface area contributed by atoms with E-state index >= 15 is 0 Å². The summed E-state index contributed by atoms with van der Waals surface area (Å²) in [5.74, 6) is 0.838. The highest BCUT2D eigenvalue weighted by Gasteiger charge is 2.32. The van der Waals surface area contributed by atoms with Crippen molar-refractivity contribution in [3.63, 3.8) is 0 Å². The first kappa shape index (κ1) is 12.9. The molecule has 2 aromatic rings. The molecule has 1 unspecified atom stereocenters. The number of aromatic nitrogens is 1. The third kappa shape index (κ3) is 2.33. The van der Waals surface area contributed by atoms with Crippen molar-refractivity contribution in [1.29, 1.82) is 0 Å². The SMILES string of the molecule is Cc1ccn2ccc(C(=O)N[C@@H]3C[C@H]4CCN(C4)C3)cc12. The van der Waals surface area contributed by atoms with E-state index in [-0.39, 0.29) is 5.91 Å². The number of hydrogen-bond acceptors (Lipinski definition) is 2. The maximum Gasteiger partial charge on any atom is 0.251 e. The number of fused-ring (bicyclic) bond motifs is 3. The van der Waals surface area contributed by atoms with Crippen LogP contribution in [-0.2, 0) is 0 Å². The Balaban J connectivity index is 1.52. The summed E-state index contributed by atoms with van der Waals surface area (Å²) in [6, 6.07) is 6.27. The average Bonchev–Trinajstić information content (AvgIpc) is 3.02. The van der Waals surface area contributed by atoms with Crippen LogP contribution in [0.25, 0.3) is 5.52 Å². The molecule has 0 spiro atoms. The van der Waals surface area contributed by atoms with E-state index in [0.29, 0.717) is 6.04 Å². The lowest BCUT2D eigenvalue weighted by molar-refractivity contribution is 0.0909. The van der Waals surface area contributed by atoms with Crippen LogP contribution in [-0.4, -0.2) is 40.9 Å². The molecule has 0 aliphatic carbocycles. The highest BCUT2D eigenvalue weighted by atomic mass is 16.1. The first-order chi connectivity index (χ1) is 10.2. The standard InChI is InChI=1S/C17H21N3O/c1-12-2-6-20-7-4-14(9-16(12)20)17(21)18-15-8-13-3-5-19(10-13)11-15/h2,4,6-7,9,13,15H,3,5,8,10-11H2,1H3,(H,18,21)/t13-,15-/m1/s1. The highest BCUT2D eigenvalue weighted by molar-refractivity contribution is 5.95. The summed E-state index contributed by atoms with van der Waals surface area (Å²) in [7, 11) is 0. The van der Waals surface area contributed by atoms with Crippen LogP contribution in [0, 0.1) is 12.8 Å². The van der Waals surface area contributed by atoms with E-state index in [1.165, 1.54) is 25.1 Å². The second-order valence-corrected chi connectivity index (χ2v) is 6.53. The quantitative estimate of drug-likeness (QED) is 0.916. The summed E-state index contributed by atoms with van der Waals surface area (Å²) in [6.45, 7) is 5.51. The van der Waals surface area contributed by atoms with Gasteiger partial charge in [0.2, 0.25) is 0 Å². The van der Waals surface area contributed by atoms with Crippen molar-refractivity contribution in [3.8, 4) is 0 Å². The number of nitrogens with zero attached hydrogens (tertiary/aromatic N) is 2. The minimum absolute atomic E-state index is 0.0607. The van der Waals surface area contributed by atoms with Gasteiger partial charge in [-0.25, -0.2) is 0 Å². The van der Waals surface area contributed by atoms with Crippen LogP contribution in [0.4, 0.5) is 0 Å². The molecule has 2 aliphatic heterocycles. The summed E-state index contributed by atoms with van der Waals surface area (Å²) in [5.41, 5.74) is 3.07. The zero-order valence-corrected chi connectivity index (χ0v) is 12.4. The van der Waals surface area contributed by atoms with Crippen molar-refractivity contribution in [1.82, 2.24) is 14.6 Å². The van der Waals surface area contributed by atoms with Crippen molar-refractivity contribution in [3.05, 3.63) is 41.7 Å². The van der Waals surface area contributed by atoms with Crippen LogP contribution in [0.2, 0.25) is 0 Å². The van der Waals surface area contributed by atoms with Gasteiger partial charge in [-0.3, -0.25) is 4.79 Å². The number of hydrogen-bond donors (Lipinski definition) is 1. The van der Waals surface area contributed by atoms with Gasteiger partial charge in [0.05, 0.1) is 0 Å². The lowest BCUT2D eigenvalue weighted by Gasteiger charge is -2.30. The number of rotatable bonds is 2. The molecule has 1 N–H and O–H groups in total. The van der Waals surface area contributed by atoms with Gasteiger partial charge in [0.15, 0.2) is 0 Å². The van der Waals surface area contributed by atoms with E-state index < -0.39 is 0 Å². The molecule has 0 radical (unpaired) electrons. The Labute approximate surface area is 124 Å². The molecule has 2 aromatic heterocycles. The molecule has 0 aromatic carbocycles. The lowest BCUT2D eigenvalue weighted by atomic mass is 9.96. The zero-order chi connectivity index (χ0) is 14.4. The zero-order valence-electron chi connectivity index (χ0n) is 12.4. The molecular formula is C17H21N3O. The number of carbonyl (C=O) groups is 1. The van der Waals surface area contributed by atoms with Gasteiger partial charge in [-0.1, -0.05) is 0 Å². The van der Waals surface area contributed by atoms with Crippen molar-refractivity contribution < 1.29 is 4.79 Å². The second kappa shape index (κ2) is 4.88. The molecule has 2 saturated heterocycles. The maximum absolute atomic E-state index is 12.5. The van der Waals surface area contributed by atoms with Crippen molar-refractivity contribution in [2.75, 3.05) is 19.6 Å². The average molecular weight is 283 g/mol. The van der Waals surface area contributed by atoms with E-state index in [2.05, 4.69) is 27.6 Å². The molecule has 4 heteroatoms. The summed E-state index contributed by atoms with van der Waals surface area (Å²) < 4.78 is 2.05. The number of carbonyl (C=O) groups excluding carboxylic acids is 1. The predicted molar refractivity (Wildman–Crippen MR) is 82.6 cm³/mol. The number of amides is 1. The third-order valence-corrected chi connectivity index (χ3v) is 4.94. The first-order valence-electron chi connectivity index (χ1n) is 7.79. The topological polar surface area (TPSA) is 36.8 Å². The van der Waals surface area contributed by atoms with Crippen LogP contribution < -0.4 is 5.32 Å². The van der Waals surface area contributed by atoms with Gasteiger partial charge in [-0.15, -0.1) is 0 Å². The predicted octanol–water partition coefficient (Wildman–Crippen LogP) is 2.07. The summed E-state index contributed by atoms with van der Waals surface area (Å²) in [6.07, 6.45) is 6.42. The van der Waals surface area contributed by atoms with E-state index in [1.807, 2.05) is 24.5 Å². The monoisotopic (exact) mass is 283 g/mol. The van der Waals surface area contributed by atoms with E-state index in [0.717, 1.165) is 30.0 Å². The van der Waals surface area contributed by atoms with Crippen molar-refractivity contribution >= 4 is 11.4 Å². The molecule has 2 fully saturated rings. The largest absolute Gasteiger partial charge is 0.348 e. The Morgan fingerprint density at radius 3 is 3.00 bits per heavy atom. The normalized spacial score (nSPS) is 28.0. The molecule has 2 aliphatic rings. The summed E-state index contributed by atoms with van der Waals surface area (Å²) in [4.78, 5) is 15.0. The molecular weight excluding hydrogens is 262 g/mol. The van der Waals surface area contributed by atoms with Gasteiger partial charge in [-0.2, -0.15) is 0 Å². The van der Waals surface area contributed by atoms with E-state index in [4.69, 9.17) is 0 Å². The fourth-order valence-electron chi connectivity index (χ4n) is 3.81. The third-order valence-electron chi connectivity index (χ3n) is 4.94. The smallest absolute Gasteiger partial charge is 0.251 e. The number of nitrogens with one attached hydrogen (secondary N) is 1. The van der Waals surface area contributed by atoms with Crippen LogP contribution in [0.15, 0.2) is 30.6 Å². The van der Waals surface area contributed by atoms with Gasteiger partial charge < -0.3 is 14.6 Å². The summed E-state index contributed by atoms with van der Waals surface area (Å²) >= 11 is 0. The van der Waals surface area contributed by atoms with Gasteiger partial charge >= 0.3 is 0 Å². The molecule has 4 heterocycles. The Morgan fingerprint density at radius 2 is 2.14 bits per heavy atom. The minimum atomic E-state index is 0.0607. The van der Waals surface area contributed by atoms with Crippen LogP contribution in [0.3, 0.4) is 0 Å². The van der Waals surface area contributed by atoms with E-state index in [1.54, 1.807) is 0 Å². The molecule has 110 valence electrons.